The molecule has 19 heavy (non-hydrogen) atoms. The predicted octanol–water partition coefficient (Wildman–Crippen LogP) is 1.74. The first-order valence-corrected chi connectivity index (χ1v) is 6.95. The third-order valence-electron chi connectivity index (χ3n) is 2.95. The number of hydrogen-bond donors (Lipinski definition) is 3. The molecule has 0 amide bonds. The Labute approximate surface area is 113 Å². The third kappa shape index (κ3) is 2.45. The van der Waals surface area contributed by atoms with Gasteiger partial charge in [0.15, 0.2) is 0 Å². The Kier molecular flexibility index (Phi) is 3.18. The van der Waals surface area contributed by atoms with Crippen molar-refractivity contribution in [3.05, 3.63) is 39.1 Å². The summed E-state index contributed by atoms with van der Waals surface area (Å²) in [5.74, 6) is 0. The number of rotatable bonds is 4. The van der Waals surface area contributed by atoms with Crippen LogP contribution in [0.1, 0.15) is 5.01 Å². The van der Waals surface area contributed by atoms with E-state index in [2.05, 4.69) is 25.6 Å². The molecule has 2 heterocycles. The molecule has 0 radical (unpaired) electrons. The van der Waals surface area contributed by atoms with Crippen LogP contribution in [-0.2, 0) is 6.42 Å². The maximum atomic E-state index is 11.2. The quantitative estimate of drug-likeness (QED) is 0.678. The Bertz CT molecular complexity index is 755. The first kappa shape index (κ1) is 12.1. The lowest BCUT2D eigenvalue weighted by molar-refractivity contribution is 0.788. The van der Waals surface area contributed by atoms with Gasteiger partial charge < -0.3 is 15.3 Å². The van der Waals surface area contributed by atoms with E-state index in [1.165, 1.54) is 0 Å². The van der Waals surface area contributed by atoms with Crippen molar-refractivity contribution in [3.63, 3.8) is 0 Å². The van der Waals surface area contributed by atoms with Gasteiger partial charge in [0.05, 0.1) is 21.7 Å². The summed E-state index contributed by atoms with van der Waals surface area (Å²) in [6.07, 6.45) is 0.935. The van der Waals surface area contributed by atoms with Crippen molar-refractivity contribution >= 4 is 22.4 Å². The fourth-order valence-corrected chi connectivity index (χ4v) is 2.79. The fourth-order valence-electron chi connectivity index (χ4n) is 1.98. The van der Waals surface area contributed by atoms with E-state index in [1.54, 1.807) is 11.3 Å². The SMILES string of the molecule is CNCCc1nc(-c2ccc3[nH]c(=O)[nH]c3c2)cs1. The topological polar surface area (TPSA) is 73.6 Å². The minimum Gasteiger partial charge on any atom is -0.319 e. The molecular weight excluding hydrogens is 260 g/mol. The van der Waals surface area contributed by atoms with Gasteiger partial charge in [-0.25, -0.2) is 9.78 Å². The van der Waals surface area contributed by atoms with Crippen LogP contribution in [0.3, 0.4) is 0 Å². The number of fused-ring (bicyclic) bond motifs is 1. The molecule has 6 heteroatoms. The van der Waals surface area contributed by atoms with Crippen molar-refractivity contribution in [2.75, 3.05) is 13.6 Å². The predicted molar refractivity (Wildman–Crippen MR) is 77.7 cm³/mol. The second kappa shape index (κ2) is 4.99. The van der Waals surface area contributed by atoms with E-state index in [4.69, 9.17) is 0 Å². The first-order chi connectivity index (χ1) is 9.26. The van der Waals surface area contributed by atoms with Crippen molar-refractivity contribution in [1.82, 2.24) is 20.3 Å². The van der Waals surface area contributed by atoms with Gasteiger partial charge in [-0.3, -0.25) is 0 Å². The average Bonchev–Trinajstić information content (AvgIpc) is 3.00. The molecule has 0 unspecified atom stereocenters. The van der Waals surface area contributed by atoms with Crippen molar-refractivity contribution in [3.8, 4) is 11.3 Å². The van der Waals surface area contributed by atoms with Gasteiger partial charge in [0, 0.05) is 23.9 Å². The Balaban J connectivity index is 1.94. The second-order valence-corrected chi connectivity index (χ2v) is 5.26. The summed E-state index contributed by atoms with van der Waals surface area (Å²) in [5.41, 5.74) is 3.43. The smallest absolute Gasteiger partial charge is 0.319 e. The zero-order valence-corrected chi connectivity index (χ0v) is 11.3. The van der Waals surface area contributed by atoms with Gasteiger partial charge in [-0.2, -0.15) is 0 Å². The highest BCUT2D eigenvalue weighted by Gasteiger charge is 2.06. The molecule has 5 nitrogen and oxygen atoms in total. The Morgan fingerprint density at radius 3 is 3.00 bits per heavy atom. The number of hydrogen-bond acceptors (Lipinski definition) is 4. The highest BCUT2D eigenvalue weighted by molar-refractivity contribution is 7.09. The van der Waals surface area contributed by atoms with Gasteiger partial charge in [0.2, 0.25) is 0 Å². The largest absolute Gasteiger partial charge is 0.323 e. The van der Waals surface area contributed by atoms with Crippen LogP contribution in [0, 0.1) is 0 Å². The molecule has 0 saturated carbocycles. The maximum absolute atomic E-state index is 11.2. The number of likely N-dealkylation sites (N-methyl/N-ethyl adjacent to an activating group) is 1. The lowest BCUT2D eigenvalue weighted by atomic mass is 10.1. The molecule has 0 aliphatic rings. The third-order valence-corrected chi connectivity index (χ3v) is 3.86. The minimum atomic E-state index is -0.180. The van der Waals surface area contributed by atoms with E-state index in [9.17, 15) is 4.79 Å². The summed E-state index contributed by atoms with van der Waals surface area (Å²) >= 11 is 1.66. The fraction of sp³-hybridized carbons (Fsp3) is 0.231. The van der Waals surface area contributed by atoms with Crippen molar-refractivity contribution in [2.45, 2.75) is 6.42 Å². The normalized spacial score (nSPS) is 11.2. The second-order valence-electron chi connectivity index (χ2n) is 4.32. The number of nitrogens with zero attached hydrogens (tertiary/aromatic N) is 1. The molecule has 0 fully saturated rings. The zero-order valence-electron chi connectivity index (χ0n) is 10.5. The Hall–Kier alpha value is -1.92. The van der Waals surface area contributed by atoms with E-state index < -0.39 is 0 Å². The number of thiazole rings is 1. The summed E-state index contributed by atoms with van der Waals surface area (Å²) in [5, 5.41) is 6.29. The van der Waals surface area contributed by atoms with Crippen molar-refractivity contribution < 1.29 is 0 Å². The van der Waals surface area contributed by atoms with Gasteiger partial charge in [-0.15, -0.1) is 11.3 Å². The van der Waals surface area contributed by atoms with Crippen LogP contribution < -0.4 is 11.0 Å². The van der Waals surface area contributed by atoms with Gasteiger partial charge in [0.1, 0.15) is 0 Å². The molecule has 0 aliphatic carbocycles. The molecule has 98 valence electrons. The number of nitrogens with one attached hydrogen (secondary N) is 3. The summed E-state index contributed by atoms with van der Waals surface area (Å²) in [4.78, 5) is 21.3. The van der Waals surface area contributed by atoms with Gasteiger partial charge in [0.25, 0.3) is 0 Å². The van der Waals surface area contributed by atoms with Crippen molar-refractivity contribution in [2.24, 2.45) is 0 Å². The molecule has 3 N–H and O–H groups in total. The van der Waals surface area contributed by atoms with Crippen LogP contribution in [0.25, 0.3) is 22.3 Å². The molecule has 0 saturated heterocycles. The monoisotopic (exact) mass is 274 g/mol. The number of benzene rings is 1. The first-order valence-electron chi connectivity index (χ1n) is 6.07. The summed E-state index contributed by atoms with van der Waals surface area (Å²) < 4.78 is 0. The molecule has 0 spiro atoms. The summed E-state index contributed by atoms with van der Waals surface area (Å²) in [7, 11) is 1.94. The maximum Gasteiger partial charge on any atom is 0.323 e. The van der Waals surface area contributed by atoms with Gasteiger partial charge in [-0.1, -0.05) is 6.07 Å². The standard InChI is InChI=1S/C13H14N4OS/c1-14-5-4-12-15-11(7-19-12)8-2-3-9-10(6-8)17-13(18)16-9/h2-3,6-7,14H,4-5H2,1H3,(H2,16,17,18). The highest BCUT2D eigenvalue weighted by Crippen LogP contribution is 2.24. The summed E-state index contributed by atoms with van der Waals surface area (Å²) in [6.45, 7) is 0.928. The minimum absolute atomic E-state index is 0.180. The molecule has 0 aliphatic heterocycles. The molecule has 2 aromatic heterocycles. The molecule has 3 rings (SSSR count). The zero-order chi connectivity index (χ0) is 13.2. The Morgan fingerprint density at radius 1 is 1.32 bits per heavy atom. The van der Waals surface area contributed by atoms with Gasteiger partial charge >= 0.3 is 5.69 Å². The number of aromatic amines is 2. The molecule has 0 bridgehead atoms. The highest BCUT2D eigenvalue weighted by atomic mass is 32.1. The van der Waals surface area contributed by atoms with Crippen molar-refractivity contribution in [1.29, 1.82) is 0 Å². The number of aromatic nitrogens is 3. The van der Waals surface area contributed by atoms with Crippen LogP contribution in [0.2, 0.25) is 0 Å². The van der Waals surface area contributed by atoms with E-state index in [0.717, 1.165) is 40.3 Å². The van der Waals surface area contributed by atoms with Crippen LogP contribution in [-0.4, -0.2) is 28.5 Å². The molecule has 1 aromatic carbocycles. The van der Waals surface area contributed by atoms with E-state index in [-0.39, 0.29) is 5.69 Å². The van der Waals surface area contributed by atoms with E-state index in [0.29, 0.717) is 0 Å². The van der Waals surface area contributed by atoms with E-state index in [1.807, 2.05) is 25.2 Å². The van der Waals surface area contributed by atoms with Crippen LogP contribution >= 0.6 is 11.3 Å². The van der Waals surface area contributed by atoms with Crippen LogP contribution in [0.15, 0.2) is 28.4 Å². The van der Waals surface area contributed by atoms with Crippen LogP contribution in [0.5, 0.6) is 0 Å². The van der Waals surface area contributed by atoms with E-state index >= 15 is 0 Å². The Morgan fingerprint density at radius 2 is 2.16 bits per heavy atom. The van der Waals surface area contributed by atoms with Crippen LogP contribution in [0.4, 0.5) is 0 Å². The molecule has 0 atom stereocenters. The molecular formula is C13H14N4OS. The molecule has 3 aromatic rings. The average molecular weight is 274 g/mol. The summed E-state index contributed by atoms with van der Waals surface area (Å²) in [6, 6.07) is 5.82. The number of imidazole rings is 1. The lowest BCUT2D eigenvalue weighted by Gasteiger charge is -1.97. The number of H-pyrrole nitrogens is 2. The lowest BCUT2D eigenvalue weighted by Crippen LogP contribution is -2.09. The van der Waals surface area contributed by atoms with Gasteiger partial charge in [-0.05, 0) is 19.2 Å².